The van der Waals surface area contributed by atoms with Crippen molar-refractivity contribution in [2.45, 2.75) is 26.7 Å². The van der Waals surface area contributed by atoms with Crippen LogP contribution in [0.5, 0.6) is 0 Å². The number of anilines is 2. The number of hydrogen-bond donors (Lipinski definition) is 4. The highest BCUT2D eigenvalue weighted by Gasteiger charge is 2.22. The zero-order valence-corrected chi connectivity index (χ0v) is 22.8. The smallest absolute Gasteiger partial charge is 0.251 e. The number of carbonyl (C=O) groups excluding carboxylic acids is 2. The molecule has 11 nitrogen and oxygen atoms in total. The van der Waals surface area contributed by atoms with E-state index >= 15 is 0 Å². The van der Waals surface area contributed by atoms with Gasteiger partial charge < -0.3 is 21.3 Å². The van der Waals surface area contributed by atoms with E-state index in [-0.39, 0.29) is 34.6 Å². The van der Waals surface area contributed by atoms with Crippen molar-refractivity contribution in [2.24, 2.45) is 5.92 Å². The average molecular weight is 546 g/mol. The summed E-state index contributed by atoms with van der Waals surface area (Å²) >= 11 is 0. The molecule has 3 aromatic heterocycles. The van der Waals surface area contributed by atoms with Crippen LogP contribution >= 0.6 is 0 Å². The van der Waals surface area contributed by atoms with E-state index in [0.29, 0.717) is 42.6 Å². The molecule has 0 fully saturated rings. The van der Waals surface area contributed by atoms with Crippen molar-refractivity contribution in [1.29, 1.82) is 0 Å². The summed E-state index contributed by atoms with van der Waals surface area (Å²) in [5.74, 6) is 0.290. The van der Waals surface area contributed by atoms with Crippen molar-refractivity contribution in [2.75, 3.05) is 37.3 Å². The predicted molar refractivity (Wildman–Crippen MR) is 151 cm³/mol. The molecule has 2 unspecified atom stereocenters. The van der Waals surface area contributed by atoms with Crippen molar-refractivity contribution < 1.29 is 14.0 Å². The largest absolute Gasteiger partial charge is 0.370 e. The maximum atomic E-state index is 14.8. The van der Waals surface area contributed by atoms with E-state index in [1.165, 1.54) is 38.6 Å². The quantitative estimate of drug-likeness (QED) is 0.208. The number of fused-ring (bicyclic) bond motifs is 1. The highest BCUT2D eigenvalue weighted by Crippen LogP contribution is 2.32. The number of pyridine rings is 1. The first-order valence-electron chi connectivity index (χ1n) is 12.9. The first kappa shape index (κ1) is 28.3. The van der Waals surface area contributed by atoms with E-state index in [1.807, 2.05) is 6.07 Å². The van der Waals surface area contributed by atoms with Crippen molar-refractivity contribution >= 4 is 34.5 Å². The van der Waals surface area contributed by atoms with Crippen LogP contribution in [0.25, 0.3) is 22.2 Å². The van der Waals surface area contributed by atoms with Gasteiger partial charge in [-0.3, -0.25) is 14.6 Å². The minimum absolute atomic E-state index is 0.00318. The zero-order chi connectivity index (χ0) is 28.6. The zero-order valence-electron chi connectivity index (χ0n) is 22.8. The molecule has 3 heterocycles. The fourth-order valence-electron chi connectivity index (χ4n) is 4.26. The van der Waals surface area contributed by atoms with Gasteiger partial charge in [0.05, 0.1) is 16.8 Å². The van der Waals surface area contributed by atoms with Gasteiger partial charge in [0.2, 0.25) is 11.9 Å². The summed E-state index contributed by atoms with van der Waals surface area (Å²) in [6.45, 7) is 7.18. The first-order valence-corrected chi connectivity index (χ1v) is 12.9. The SMILES string of the molecule is CNC(=O)c1ccnc2c(C(C)C(C)CNc3cc(-c4cnc(NCCNC(C)=O)nc4)ncn3)ccc(F)c12. The van der Waals surface area contributed by atoms with Gasteiger partial charge in [-0.15, -0.1) is 0 Å². The van der Waals surface area contributed by atoms with Crippen LogP contribution in [0, 0.1) is 11.7 Å². The van der Waals surface area contributed by atoms with Crippen LogP contribution in [0.2, 0.25) is 0 Å². The van der Waals surface area contributed by atoms with E-state index in [4.69, 9.17) is 0 Å². The Morgan fingerprint density at radius 3 is 2.48 bits per heavy atom. The molecule has 0 aliphatic carbocycles. The van der Waals surface area contributed by atoms with Crippen LogP contribution < -0.4 is 21.3 Å². The molecule has 40 heavy (non-hydrogen) atoms. The van der Waals surface area contributed by atoms with Crippen LogP contribution in [0.15, 0.2) is 49.2 Å². The third kappa shape index (κ3) is 6.63. The van der Waals surface area contributed by atoms with Gasteiger partial charge in [-0.2, -0.15) is 0 Å². The van der Waals surface area contributed by atoms with Crippen LogP contribution in [-0.2, 0) is 4.79 Å². The Balaban J connectivity index is 1.42. The molecule has 0 saturated heterocycles. The number of halogens is 1. The van der Waals surface area contributed by atoms with Gasteiger partial charge in [0.25, 0.3) is 5.91 Å². The Morgan fingerprint density at radius 1 is 0.975 bits per heavy atom. The van der Waals surface area contributed by atoms with Crippen molar-refractivity contribution in [3.05, 3.63) is 66.1 Å². The lowest BCUT2D eigenvalue weighted by atomic mass is 9.86. The van der Waals surface area contributed by atoms with Gasteiger partial charge in [0, 0.05) is 69.2 Å². The third-order valence-electron chi connectivity index (χ3n) is 6.69. The first-order chi connectivity index (χ1) is 19.3. The van der Waals surface area contributed by atoms with Crippen LogP contribution in [-0.4, -0.2) is 63.4 Å². The molecule has 2 atom stereocenters. The van der Waals surface area contributed by atoms with E-state index in [0.717, 1.165) is 11.1 Å². The molecule has 4 rings (SSSR count). The Kier molecular flexibility index (Phi) is 9.10. The number of carbonyl (C=O) groups is 2. The highest BCUT2D eigenvalue weighted by molar-refractivity contribution is 6.06. The second-order valence-corrected chi connectivity index (χ2v) is 9.44. The molecule has 0 radical (unpaired) electrons. The number of nitrogens with one attached hydrogen (secondary N) is 4. The van der Waals surface area contributed by atoms with Crippen molar-refractivity contribution in [3.63, 3.8) is 0 Å². The molecule has 0 spiro atoms. The third-order valence-corrected chi connectivity index (χ3v) is 6.69. The number of nitrogens with zero attached hydrogens (tertiary/aromatic N) is 5. The molecule has 2 amide bonds. The van der Waals surface area contributed by atoms with E-state index in [9.17, 15) is 14.0 Å². The summed E-state index contributed by atoms with van der Waals surface area (Å²) in [6.07, 6.45) is 6.35. The van der Waals surface area contributed by atoms with Gasteiger partial charge in [0.15, 0.2) is 0 Å². The summed E-state index contributed by atoms with van der Waals surface area (Å²) in [5.41, 5.74) is 3.00. The lowest BCUT2D eigenvalue weighted by Gasteiger charge is -2.22. The normalized spacial score (nSPS) is 12.4. The van der Waals surface area contributed by atoms with Gasteiger partial charge in [0.1, 0.15) is 18.0 Å². The molecule has 12 heteroatoms. The number of hydrogen-bond acceptors (Lipinski definition) is 9. The maximum absolute atomic E-state index is 14.8. The fourth-order valence-corrected chi connectivity index (χ4v) is 4.26. The van der Waals surface area contributed by atoms with E-state index in [1.54, 1.807) is 18.5 Å². The molecule has 0 aliphatic heterocycles. The highest BCUT2D eigenvalue weighted by atomic mass is 19.1. The summed E-state index contributed by atoms with van der Waals surface area (Å²) in [5, 5.41) is 11.9. The van der Waals surface area contributed by atoms with Crippen LogP contribution in [0.4, 0.5) is 16.2 Å². The van der Waals surface area contributed by atoms with Crippen LogP contribution in [0.3, 0.4) is 0 Å². The standard InChI is InChI=1S/C28H32FN9O2/c1-16(17(2)20-5-6-22(29)25-21(27(40)30-4)7-8-32-26(20)25)12-34-24-11-23(37-15-38-24)19-13-35-28(36-14-19)33-10-9-31-18(3)39/h5-8,11,13-17H,9-10,12H2,1-4H3,(H,30,40)(H,31,39)(H,33,35,36)(H,34,37,38). The summed E-state index contributed by atoms with van der Waals surface area (Å²) in [6, 6.07) is 6.48. The molecular formula is C28H32FN9O2. The molecule has 1 aromatic carbocycles. The second kappa shape index (κ2) is 12.9. The van der Waals surface area contributed by atoms with Crippen molar-refractivity contribution in [1.82, 2.24) is 35.6 Å². The molecule has 0 saturated carbocycles. The van der Waals surface area contributed by atoms with E-state index in [2.05, 4.69) is 60.0 Å². The maximum Gasteiger partial charge on any atom is 0.251 e. The van der Waals surface area contributed by atoms with Gasteiger partial charge in [-0.1, -0.05) is 19.9 Å². The van der Waals surface area contributed by atoms with Crippen molar-refractivity contribution in [3.8, 4) is 11.3 Å². The molecule has 0 bridgehead atoms. The summed E-state index contributed by atoms with van der Waals surface area (Å²) < 4.78 is 14.8. The number of benzene rings is 1. The van der Waals surface area contributed by atoms with Gasteiger partial charge in [-0.25, -0.2) is 24.3 Å². The molecular weight excluding hydrogens is 513 g/mol. The lowest BCUT2D eigenvalue weighted by molar-refractivity contribution is -0.118. The monoisotopic (exact) mass is 545 g/mol. The molecule has 0 aliphatic rings. The average Bonchev–Trinajstić information content (AvgIpc) is 2.97. The Bertz CT molecular complexity index is 1500. The molecule has 4 N–H and O–H groups in total. The number of rotatable bonds is 11. The summed E-state index contributed by atoms with van der Waals surface area (Å²) in [7, 11) is 1.52. The number of aromatic nitrogens is 5. The van der Waals surface area contributed by atoms with Gasteiger partial charge in [-0.05, 0) is 29.5 Å². The lowest BCUT2D eigenvalue weighted by Crippen LogP contribution is -2.26. The number of amides is 2. The fraction of sp³-hybridized carbons (Fsp3) is 0.321. The predicted octanol–water partition coefficient (Wildman–Crippen LogP) is 3.38. The summed E-state index contributed by atoms with van der Waals surface area (Å²) in [4.78, 5) is 45.0. The topological polar surface area (TPSA) is 147 Å². The molecule has 4 aromatic rings. The second-order valence-electron chi connectivity index (χ2n) is 9.44. The minimum atomic E-state index is -0.477. The minimum Gasteiger partial charge on any atom is -0.370 e. The van der Waals surface area contributed by atoms with E-state index < -0.39 is 5.82 Å². The Labute approximate surface area is 231 Å². The van der Waals surface area contributed by atoms with Gasteiger partial charge >= 0.3 is 0 Å². The Morgan fingerprint density at radius 2 is 1.75 bits per heavy atom. The molecule has 208 valence electrons. The Hall–Kier alpha value is -4.74. The van der Waals surface area contributed by atoms with Crippen LogP contribution in [0.1, 0.15) is 42.6 Å².